The van der Waals surface area contributed by atoms with Crippen LogP contribution in [-0.4, -0.2) is 192 Å². The standard InChI is InChI=1S/C31H49N3O18S/c1-22(35)50-19-31(20-51-23(2)36,21-52-24(3)37)30(47)49-11-5-13-53-12-4-10-48-29(46)18-34(17-28(44)45)9-7-32(14-25(38)39)6-8-33(15-26(40)41)16-27(42)43/h4-21H2,1-3H3,(H,38,39)(H,40,41)(H,42,43)(H,44,45). The van der Waals surface area contributed by atoms with Crippen molar-refractivity contribution in [1.82, 2.24) is 14.7 Å². The second kappa shape index (κ2) is 27.1. The van der Waals surface area contributed by atoms with E-state index < -0.39 is 112 Å². The van der Waals surface area contributed by atoms with Crippen LogP contribution in [0.1, 0.15) is 33.6 Å². The average molecular weight is 784 g/mol. The van der Waals surface area contributed by atoms with Gasteiger partial charge in [-0.15, -0.1) is 0 Å². The highest BCUT2D eigenvalue weighted by Gasteiger charge is 2.44. The number of carboxylic acids is 4. The molecule has 0 unspecified atom stereocenters. The van der Waals surface area contributed by atoms with Crippen molar-refractivity contribution in [2.75, 3.05) is 103 Å². The lowest BCUT2D eigenvalue weighted by atomic mass is 9.91. The summed E-state index contributed by atoms with van der Waals surface area (Å²) in [6.45, 7) is -1.25. The molecule has 0 aliphatic rings. The largest absolute Gasteiger partial charge is 0.480 e. The lowest BCUT2D eigenvalue weighted by Crippen LogP contribution is -2.47. The lowest BCUT2D eigenvalue weighted by molar-refractivity contribution is -0.178. The van der Waals surface area contributed by atoms with Gasteiger partial charge in [-0.2, -0.15) is 11.8 Å². The number of esters is 5. The summed E-state index contributed by atoms with van der Waals surface area (Å²) in [6.07, 6.45) is 0.822. The molecule has 0 heterocycles. The molecule has 0 fully saturated rings. The van der Waals surface area contributed by atoms with E-state index in [1.165, 1.54) is 21.6 Å². The molecule has 53 heavy (non-hydrogen) atoms. The van der Waals surface area contributed by atoms with E-state index in [4.69, 9.17) is 33.9 Å². The van der Waals surface area contributed by atoms with Crippen molar-refractivity contribution in [3.05, 3.63) is 0 Å². The Morgan fingerprint density at radius 1 is 0.491 bits per heavy atom. The molecule has 21 nitrogen and oxygen atoms in total. The Bertz CT molecular complexity index is 1190. The van der Waals surface area contributed by atoms with Crippen LogP contribution in [0, 0.1) is 5.41 Å². The van der Waals surface area contributed by atoms with Gasteiger partial charge in [0.1, 0.15) is 19.8 Å². The van der Waals surface area contributed by atoms with Crippen LogP contribution in [0.5, 0.6) is 0 Å². The summed E-state index contributed by atoms with van der Waals surface area (Å²) in [7, 11) is 0. The molecule has 302 valence electrons. The average Bonchev–Trinajstić information content (AvgIpc) is 3.03. The number of carbonyl (C=O) groups is 9. The van der Waals surface area contributed by atoms with Gasteiger partial charge in [-0.1, -0.05) is 0 Å². The quantitative estimate of drug-likeness (QED) is 0.0354. The van der Waals surface area contributed by atoms with Crippen molar-refractivity contribution in [3.8, 4) is 0 Å². The fourth-order valence-corrected chi connectivity index (χ4v) is 5.05. The molecule has 0 saturated heterocycles. The zero-order valence-electron chi connectivity index (χ0n) is 30.0. The van der Waals surface area contributed by atoms with Crippen LogP contribution in [0.25, 0.3) is 0 Å². The number of carboxylic acid groups (broad SMARTS) is 4. The third-order valence-corrected chi connectivity index (χ3v) is 7.86. The van der Waals surface area contributed by atoms with Crippen LogP contribution in [0.3, 0.4) is 0 Å². The van der Waals surface area contributed by atoms with Crippen LogP contribution in [0.15, 0.2) is 0 Å². The van der Waals surface area contributed by atoms with E-state index in [1.54, 1.807) is 0 Å². The number of carbonyl (C=O) groups excluding carboxylic acids is 5. The highest BCUT2D eigenvalue weighted by atomic mass is 32.2. The van der Waals surface area contributed by atoms with Gasteiger partial charge in [-0.3, -0.25) is 57.9 Å². The second-order valence-electron chi connectivity index (χ2n) is 11.6. The predicted octanol–water partition coefficient (Wildman–Crippen LogP) is -1.49. The highest BCUT2D eigenvalue weighted by Crippen LogP contribution is 2.23. The van der Waals surface area contributed by atoms with E-state index in [-0.39, 0.29) is 39.4 Å². The van der Waals surface area contributed by atoms with Gasteiger partial charge < -0.3 is 44.1 Å². The fraction of sp³-hybridized carbons (Fsp3) is 0.710. The topological polar surface area (TPSA) is 290 Å². The van der Waals surface area contributed by atoms with Crippen molar-refractivity contribution in [1.29, 1.82) is 0 Å². The van der Waals surface area contributed by atoms with Crippen molar-refractivity contribution in [3.63, 3.8) is 0 Å². The Morgan fingerprint density at radius 2 is 0.830 bits per heavy atom. The zero-order chi connectivity index (χ0) is 40.4. The fourth-order valence-electron chi connectivity index (χ4n) is 4.21. The van der Waals surface area contributed by atoms with E-state index in [9.17, 15) is 53.4 Å². The number of nitrogens with zero attached hydrogens (tertiary/aromatic N) is 3. The molecule has 0 aliphatic heterocycles. The Hall–Kier alpha value is -4.54. The van der Waals surface area contributed by atoms with Gasteiger partial charge in [-0.25, -0.2) is 0 Å². The molecule has 0 aromatic carbocycles. The molecular formula is C31H49N3O18S. The monoisotopic (exact) mass is 783 g/mol. The molecule has 0 radical (unpaired) electrons. The normalized spacial score (nSPS) is 11.2. The van der Waals surface area contributed by atoms with E-state index in [2.05, 4.69) is 0 Å². The van der Waals surface area contributed by atoms with Crippen molar-refractivity contribution in [2.24, 2.45) is 5.41 Å². The molecule has 0 aromatic heterocycles. The smallest absolute Gasteiger partial charge is 0.322 e. The number of thioether (sulfide) groups is 1. The van der Waals surface area contributed by atoms with Crippen LogP contribution in [0.2, 0.25) is 0 Å². The molecule has 0 saturated carbocycles. The summed E-state index contributed by atoms with van der Waals surface area (Å²) < 4.78 is 25.4. The maximum Gasteiger partial charge on any atom is 0.322 e. The van der Waals surface area contributed by atoms with Crippen molar-refractivity contribution >= 4 is 65.5 Å². The molecule has 0 bridgehead atoms. The number of rotatable bonds is 31. The van der Waals surface area contributed by atoms with Crippen LogP contribution >= 0.6 is 11.8 Å². The van der Waals surface area contributed by atoms with E-state index in [0.29, 0.717) is 24.3 Å². The first-order valence-corrected chi connectivity index (χ1v) is 17.4. The summed E-state index contributed by atoms with van der Waals surface area (Å²) in [5, 5.41) is 36.6. The molecule has 0 spiro atoms. The first-order valence-electron chi connectivity index (χ1n) is 16.2. The van der Waals surface area contributed by atoms with Gasteiger partial charge in [0.25, 0.3) is 0 Å². The zero-order valence-corrected chi connectivity index (χ0v) is 30.8. The van der Waals surface area contributed by atoms with E-state index in [1.807, 2.05) is 0 Å². The molecular weight excluding hydrogens is 734 g/mol. The van der Waals surface area contributed by atoms with Gasteiger partial charge >= 0.3 is 53.7 Å². The van der Waals surface area contributed by atoms with Gasteiger partial charge in [0, 0.05) is 47.0 Å². The first kappa shape index (κ1) is 48.5. The molecule has 22 heteroatoms. The summed E-state index contributed by atoms with van der Waals surface area (Å²) in [5.41, 5.74) is -1.77. The van der Waals surface area contributed by atoms with Gasteiger partial charge in [0.15, 0.2) is 5.41 Å². The predicted molar refractivity (Wildman–Crippen MR) is 181 cm³/mol. The van der Waals surface area contributed by atoms with E-state index >= 15 is 0 Å². The molecule has 0 rings (SSSR count). The summed E-state index contributed by atoms with van der Waals surface area (Å²) >= 11 is 1.46. The number of hydrogen-bond acceptors (Lipinski definition) is 18. The van der Waals surface area contributed by atoms with Gasteiger partial charge in [0.05, 0.1) is 45.9 Å². The maximum atomic E-state index is 13.0. The Morgan fingerprint density at radius 3 is 1.21 bits per heavy atom. The summed E-state index contributed by atoms with van der Waals surface area (Å²) in [6, 6.07) is 0. The minimum absolute atomic E-state index is 0.0147. The lowest BCUT2D eigenvalue weighted by Gasteiger charge is -2.29. The summed E-state index contributed by atoms with van der Waals surface area (Å²) in [4.78, 5) is 108. The molecule has 0 amide bonds. The van der Waals surface area contributed by atoms with Gasteiger partial charge in [-0.05, 0) is 24.3 Å². The minimum Gasteiger partial charge on any atom is -0.480 e. The van der Waals surface area contributed by atoms with Gasteiger partial charge in [0.2, 0.25) is 0 Å². The van der Waals surface area contributed by atoms with Crippen molar-refractivity contribution in [2.45, 2.75) is 33.6 Å². The van der Waals surface area contributed by atoms with Crippen LogP contribution in [0.4, 0.5) is 0 Å². The Labute approximate surface area is 309 Å². The molecule has 4 N–H and O–H groups in total. The van der Waals surface area contributed by atoms with Crippen molar-refractivity contribution < 1.29 is 87.3 Å². The number of hydrogen-bond donors (Lipinski definition) is 4. The van der Waals surface area contributed by atoms with Crippen LogP contribution in [-0.2, 0) is 66.8 Å². The molecule has 0 aliphatic carbocycles. The Balaban J connectivity index is 4.82. The number of aliphatic carboxylic acids is 4. The minimum atomic E-state index is -1.77. The number of ether oxygens (including phenoxy) is 5. The van der Waals surface area contributed by atoms with Crippen LogP contribution < -0.4 is 0 Å². The Kier molecular flexibility index (Phi) is 24.8. The molecule has 0 aromatic rings. The second-order valence-corrected chi connectivity index (χ2v) is 12.8. The first-order chi connectivity index (χ1) is 24.8. The highest BCUT2D eigenvalue weighted by molar-refractivity contribution is 7.99. The SMILES string of the molecule is CC(=O)OCC(COC(C)=O)(COC(C)=O)C(=O)OCCCSCCCOC(=O)CN(CCN(CCN(CC(=O)O)CC(=O)O)CC(=O)O)CC(=O)O. The third-order valence-electron chi connectivity index (χ3n) is 6.70. The third kappa shape index (κ3) is 26.0. The summed E-state index contributed by atoms with van der Waals surface area (Å²) in [5.74, 6) is -7.72. The maximum absolute atomic E-state index is 13.0. The van der Waals surface area contributed by atoms with E-state index in [0.717, 1.165) is 25.7 Å². The molecule has 0 atom stereocenters.